The molecule has 0 aromatic carbocycles. The van der Waals surface area contributed by atoms with E-state index in [1.165, 1.54) is 39.5 Å². The quantitative estimate of drug-likeness (QED) is 0.403. The Morgan fingerprint density at radius 2 is 0.893 bits per heavy atom. The van der Waals surface area contributed by atoms with Crippen LogP contribution < -0.4 is 0 Å². The molecule has 0 aromatic rings. The molecule has 159 valence electrons. The van der Waals surface area contributed by atoms with Crippen LogP contribution in [0.25, 0.3) is 0 Å². The molecule has 28 heavy (non-hydrogen) atoms. The first-order valence-electron chi connectivity index (χ1n) is 9.21. The Kier molecular flexibility index (Phi) is 20.2. The molecule has 3 heteroatoms. The number of rotatable bonds is 0. The van der Waals surface area contributed by atoms with Crippen molar-refractivity contribution in [3.63, 3.8) is 0 Å². The van der Waals surface area contributed by atoms with E-state index in [4.69, 9.17) is 10.2 Å². The van der Waals surface area contributed by atoms with Crippen molar-refractivity contribution in [3.8, 4) is 0 Å². The average molecular weight is 467 g/mol. The minimum Gasteiger partial charge on any atom is -0.400 e. The van der Waals surface area contributed by atoms with E-state index in [0.29, 0.717) is 0 Å². The van der Waals surface area contributed by atoms with E-state index in [1.54, 1.807) is 0 Å². The van der Waals surface area contributed by atoms with Crippen LogP contribution in [0.4, 0.5) is 0 Å². The molecular weight excluding hydrogens is 423 g/mol. The van der Waals surface area contributed by atoms with Gasteiger partial charge in [0.25, 0.3) is 0 Å². The van der Waals surface area contributed by atoms with Gasteiger partial charge in [-0.1, -0.05) is 66.2 Å². The maximum absolute atomic E-state index is 7.00. The molecule has 0 amide bonds. The Labute approximate surface area is 195 Å². The van der Waals surface area contributed by atoms with Gasteiger partial charge in [0, 0.05) is 14.2 Å². The molecule has 2 N–H and O–H groups in total. The molecule has 0 unspecified atom stereocenters. The molecule has 0 heterocycles. The summed E-state index contributed by atoms with van der Waals surface area (Å²) >= 11 is 0. The Hall–Kier alpha value is -0.627. The number of hydrogen-bond acceptors (Lipinski definition) is 2. The van der Waals surface area contributed by atoms with E-state index in [0.717, 1.165) is 14.2 Å². The normalized spacial score (nSPS) is 17.6. The van der Waals surface area contributed by atoms with Crippen LogP contribution in [-0.4, -0.2) is 24.4 Å². The fourth-order valence-corrected chi connectivity index (χ4v) is 2.81. The molecule has 0 aliphatic heterocycles. The molecule has 0 spiro atoms. The van der Waals surface area contributed by atoms with Crippen LogP contribution in [0.15, 0.2) is 46.1 Å². The predicted molar refractivity (Wildman–Crippen MR) is 121 cm³/mol. The van der Waals surface area contributed by atoms with Gasteiger partial charge in [0.1, 0.15) is 0 Å². The zero-order valence-corrected chi connectivity index (χ0v) is 22.8. The van der Waals surface area contributed by atoms with Gasteiger partial charge < -0.3 is 10.2 Å². The summed E-state index contributed by atoms with van der Waals surface area (Å²) in [6, 6.07) is 0. The van der Waals surface area contributed by atoms with Gasteiger partial charge in [-0.05, 0) is 0 Å². The van der Waals surface area contributed by atoms with E-state index >= 15 is 0 Å². The van der Waals surface area contributed by atoms with Crippen molar-refractivity contribution in [1.29, 1.82) is 0 Å². The van der Waals surface area contributed by atoms with Gasteiger partial charge in [0.15, 0.2) is 0 Å². The summed E-state index contributed by atoms with van der Waals surface area (Å²) in [4.78, 5) is 0. The Morgan fingerprint density at radius 1 is 0.714 bits per heavy atom. The van der Waals surface area contributed by atoms with Crippen LogP contribution in [0.1, 0.15) is 69.2 Å². The topological polar surface area (TPSA) is 40.5 Å². The van der Waals surface area contributed by atoms with E-state index < -0.39 is 0 Å². The van der Waals surface area contributed by atoms with Gasteiger partial charge in [-0.15, -0.1) is 13.8 Å². The van der Waals surface area contributed by atoms with Crippen LogP contribution in [0.5, 0.6) is 0 Å². The second kappa shape index (κ2) is 16.2. The van der Waals surface area contributed by atoms with Gasteiger partial charge in [0.05, 0.1) is 0 Å². The summed E-state index contributed by atoms with van der Waals surface area (Å²) in [6.07, 6.45) is 8.37. The second-order valence-electron chi connectivity index (χ2n) is 7.54. The number of hydrogen-bond donors (Lipinski definition) is 2. The Balaban J connectivity index is -0.000000152. The molecule has 0 atom stereocenters. The van der Waals surface area contributed by atoms with Crippen molar-refractivity contribution in [2.45, 2.75) is 69.2 Å². The van der Waals surface area contributed by atoms with E-state index in [9.17, 15) is 0 Å². The molecule has 2 rings (SSSR count). The van der Waals surface area contributed by atoms with Crippen molar-refractivity contribution in [2.75, 3.05) is 14.2 Å². The molecule has 0 aromatic heterocycles. The van der Waals surface area contributed by atoms with Crippen LogP contribution >= 0.6 is 0 Å². The van der Waals surface area contributed by atoms with E-state index in [-0.39, 0.29) is 37.0 Å². The van der Waals surface area contributed by atoms with Crippen molar-refractivity contribution < 1.29 is 36.4 Å². The third kappa shape index (κ3) is 10.8. The van der Waals surface area contributed by atoms with Crippen LogP contribution in [0.2, 0.25) is 0 Å². The number of aliphatic hydroxyl groups is 2. The molecule has 1 radical (unpaired) electrons. The van der Waals surface area contributed by atoms with Crippen molar-refractivity contribution in [1.82, 2.24) is 0 Å². The predicted octanol–water partition coefficient (Wildman–Crippen LogP) is 6.45. The molecule has 2 aliphatic carbocycles. The number of aliphatic hydroxyl groups excluding tert-OH is 2. The van der Waals surface area contributed by atoms with Gasteiger partial charge in [-0.3, -0.25) is 12.2 Å². The Morgan fingerprint density at radius 3 is 0.929 bits per heavy atom. The zero-order valence-electron chi connectivity index (χ0n) is 20.4. The van der Waals surface area contributed by atoms with Gasteiger partial charge in [0.2, 0.25) is 0 Å². The monoisotopic (exact) mass is 465 g/mol. The molecular formula is C25H43O2Zr. The maximum Gasteiger partial charge on any atom is 3.00 e. The first kappa shape index (κ1) is 34.9. The molecule has 0 saturated heterocycles. The summed E-state index contributed by atoms with van der Waals surface area (Å²) in [7, 11) is 2.00. The third-order valence-electron chi connectivity index (χ3n) is 5.12. The van der Waals surface area contributed by atoms with Gasteiger partial charge >= 0.3 is 26.2 Å². The first-order valence-corrected chi connectivity index (χ1v) is 9.21. The van der Waals surface area contributed by atoms with Crippen molar-refractivity contribution in [3.05, 3.63) is 65.2 Å². The first-order chi connectivity index (χ1) is 12.3. The standard InChI is InChI=1S/2C10H15.C3H5.2CH4O.Zr/c2*1-7-6-10(4,5)9(3)8(7)2;1-3-2;2*1-2;/h2*1-5H3;3H,1-2H2;2*2H,1H3;/q3*-1;;;+3. The minimum atomic E-state index is 0. The molecule has 0 bridgehead atoms. The summed E-state index contributed by atoms with van der Waals surface area (Å²) in [5.74, 6) is 0. The van der Waals surface area contributed by atoms with Crippen molar-refractivity contribution >= 4 is 0 Å². The fourth-order valence-electron chi connectivity index (χ4n) is 2.81. The van der Waals surface area contributed by atoms with Gasteiger partial charge in [-0.2, -0.15) is 22.3 Å². The van der Waals surface area contributed by atoms with Crippen molar-refractivity contribution in [2.24, 2.45) is 10.8 Å². The summed E-state index contributed by atoms with van der Waals surface area (Å²) in [5, 5.41) is 14.0. The summed E-state index contributed by atoms with van der Waals surface area (Å²) in [5.41, 5.74) is 8.79. The summed E-state index contributed by atoms with van der Waals surface area (Å²) < 4.78 is 0. The molecule has 0 fully saturated rings. The van der Waals surface area contributed by atoms with E-state index in [2.05, 4.69) is 94.9 Å². The van der Waals surface area contributed by atoms with E-state index in [1.807, 2.05) is 0 Å². The SMILES string of the molecule is C=C[CH2-].CC1=[C-]C(C)(C)C(C)=C1C.CC1=[C-]C(C)(C)C(C)=C1C.CO.CO.[Zr+3]. The molecule has 0 saturated carbocycles. The largest absolute Gasteiger partial charge is 3.00 e. The summed E-state index contributed by atoms with van der Waals surface area (Å²) in [6.45, 7) is 28.3. The fraction of sp³-hybridized carbons (Fsp3) is 0.560. The Bertz CT molecular complexity index is 536. The number of allylic oxidation sites excluding steroid dienone is 9. The van der Waals surface area contributed by atoms with Crippen LogP contribution in [0.3, 0.4) is 0 Å². The minimum absolute atomic E-state index is 0. The zero-order chi connectivity index (χ0) is 22.6. The van der Waals surface area contributed by atoms with Gasteiger partial charge in [-0.25, -0.2) is 30.7 Å². The van der Waals surface area contributed by atoms with Crippen LogP contribution in [-0.2, 0) is 26.2 Å². The smallest absolute Gasteiger partial charge is 0.400 e. The molecule has 2 nitrogen and oxygen atoms in total. The maximum atomic E-state index is 7.00. The average Bonchev–Trinajstić information content (AvgIpc) is 2.90. The second-order valence-corrected chi connectivity index (χ2v) is 7.54. The third-order valence-corrected chi connectivity index (χ3v) is 5.12. The van der Waals surface area contributed by atoms with Crippen LogP contribution in [0, 0.1) is 29.9 Å². The molecule has 2 aliphatic rings.